The number of halogens is 1. The average molecular weight is 665 g/mol. The van der Waals surface area contributed by atoms with Crippen LogP contribution in [0, 0.1) is 41.5 Å². The molecule has 47 heavy (non-hydrogen) atoms. The van der Waals surface area contributed by atoms with Crippen LogP contribution in [0.3, 0.4) is 0 Å². The van der Waals surface area contributed by atoms with E-state index in [0.717, 1.165) is 46.2 Å². The van der Waals surface area contributed by atoms with Crippen molar-refractivity contribution < 1.29 is 9.59 Å². The SMILES string of the molecule is CC(=O)Cl.CC(=O)N/C=C\c1n[nH]c(C)n1.Cc1nc(/C=C\N)n[nH]1.Cc1nc2ccnc(C)n2n1.Cc1nc2ccnc(C)n2n1. The maximum atomic E-state index is 10.4. The summed E-state index contributed by atoms with van der Waals surface area (Å²) in [5, 5.41) is 23.4. The Morgan fingerprint density at radius 2 is 1.19 bits per heavy atom. The predicted molar refractivity (Wildman–Crippen MR) is 175 cm³/mol. The molecule has 0 aliphatic heterocycles. The molecular weight excluding hydrogens is 628 g/mol. The monoisotopic (exact) mass is 664 g/mol. The van der Waals surface area contributed by atoms with Crippen molar-refractivity contribution in [3.05, 3.63) is 83.5 Å². The van der Waals surface area contributed by atoms with Crippen LogP contribution in [0.25, 0.3) is 23.4 Å². The molecule has 0 aromatic carbocycles. The lowest BCUT2D eigenvalue weighted by Crippen LogP contribution is -2.11. The van der Waals surface area contributed by atoms with E-state index in [1.165, 1.54) is 26.2 Å². The van der Waals surface area contributed by atoms with E-state index < -0.39 is 0 Å². The molecule has 0 fully saturated rings. The molecule has 18 nitrogen and oxygen atoms in total. The van der Waals surface area contributed by atoms with E-state index in [0.29, 0.717) is 11.6 Å². The summed E-state index contributed by atoms with van der Waals surface area (Å²) in [5.41, 5.74) is 6.81. The summed E-state index contributed by atoms with van der Waals surface area (Å²) in [6.45, 7) is 13.9. The van der Waals surface area contributed by atoms with Gasteiger partial charge in [-0.1, -0.05) is 0 Å². The van der Waals surface area contributed by atoms with Crippen LogP contribution in [0.15, 0.2) is 36.9 Å². The first-order valence-electron chi connectivity index (χ1n) is 13.8. The highest BCUT2D eigenvalue weighted by atomic mass is 35.5. The minimum atomic E-state index is -0.361. The van der Waals surface area contributed by atoms with E-state index >= 15 is 0 Å². The van der Waals surface area contributed by atoms with E-state index in [1.807, 2.05) is 53.7 Å². The largest absolute Gasteiger partial charge is 0.404 e. The lowest BCUT2D eigenvalue weighted by atomic mass is 10.5. The maximum absolute atomic E-state index is 10.4. The Bertz CT molecular complexity index is 1850. The highest BCUT2D eigenvalue weighted by molar-refractivity contribution is 6.62. The van der Waals surface area contributed by atoms with Crippen molar-refractivity contribution in [2.45, 2.75) is 55.4 Å². The standard InChI is InChI=1S/C7H10N4O.2C7H8N4.C5H8N4.C2H3ClO/c1-5-9-7(11-10-5)3-4-8-6(2)12;2*1-5-9-7-3-4-8-6(2)11(7)10-5;1-4-7-5(2-3-6)9-8-4;1-2(3)4/h3-4H,1-2H3,(H,8,12)(H,9,10,11);2*3-4H,1-2H3;2-3H,6H2,1H3,(H,7,8,9);1H3/b4-3-;;;3-2-;. The maximum Gasteiger partial charge on any atom is 0.220 e. The minimum absolute atomic E-state index is 0.112. The predicted octanol–water partition coefficient (Wildman–Crippen LogP) is 2.52. The first-order valence-corrected chi connectivity index (χ1v) is 14.2. The highest BCUT2D eigenvalue weighted by Crippen LogP contribution is 2.01. The molecular formula is C28H37ClN16O2. The number of carbonyl (C=O) groups excluding carboxylic acids is 2. The van der Waals surface area contributed by atoms with Gasteiger partial charge in [0.15, 0.2) is 22.9 Å². The van der Waals surface area contributed by atoms with E-state index in [2.05, 4.69) is 77.4 Å². The Morgan fingerprint density at radius 3 is 1.53 bits per heavy atom. The van der Waals surface area contributed by atoms with E-state index in [9.17, 15) is 9.59 Å². The molecule has 0 bridgehead atoms. The van der Waals surface area contributed by atoms with Gasteiger partial charge in [0.2, 0.25) is 11.1 Å². The van der Waals surface area contributed by atoms with Gasteiger partial charge >= 0.3 is 0 Å². The number of aryl methyl sites for hydroxylation is 6. The van der Waals surface area contributed by atoms with Crippen molar-refractivity contribution in [3.63, 3.8) is 0 Å². The fourth-order valence-electron chi connectivity index (χ4n) is 3.28. The molecule has 0 aliphatic rings. The molecule has 0 saturated carbocycles. The zero-order chi connectivity index (χ0) is 34.9. The molecule has 5 N–H and O–H groups in total. The summed E-state index contributed by atoms with van der Waals surface area (Å²) < 4.78 is 3.46. The minimum Gasteiger partial charge on any atom is -0.404 e. The van der Waals surface area contributed by atoms with Gasteiger partial charge in [0.25, 0.3) is 0 Å². The number of amides is 1. The van der Waals surface area contributed by atoms with Crippen LogP contribution in [-0.4, -0.2) is 80.7 Å². The normalized spacial score (nSPS) is 10.3. The van der Waals surface area contributed by atoms with Crippen molar-refractivity contribution in [3.8, 4) is 0 Å². The average Bonchev–Trinajstić information content (AvgIpc) is 3.78. The van der Waals surface area contributed by atoms with Gasteiger partial charge in [-0.3, -0.25) is 19.8 Å². The number of nitrogens with two attached hydrogens (primary N) is 1. The van der Waals surface area contributed by atoms with Crippen LogP contribution in [0.2, 0.25) is 0 Å². The van der Waals surface area contributed by atoms with Crippen molar-refractivity contribution in [1.29, 1.82) is 0 Å². The van der Waals surface area contributed by atoms with Crippen LogP contribution in [0.5, 0.6) is 0 Å². The number of hydrogen-bond donors (Lipinski definition) is 4. The summed E-state index contributed by atoms with van der Waals surface area (Å²) in [5.74, 6) is 5.89. The van der Waals surface area contributed by atoms with Crippen molar-refractivity contribution in [2.24, 2.45) is 5.73 Å². The second kappa shape index (κ2) is 18.8. The molecule has 1 amide bonds. The number of nitrogens with zero attached hydrogens (tertiary/aromatic N) is 12. The summed E-state index contributed by atoms with van der Waals surface area (Å²) in [7, 11) is 0. The summed E-state index contributed by atoms with van der Waals surface area (Å²) >= 11 is 4.64. The first kappa shape index (κ1) is 37.3. The van der Waals surface area contributed by atoms with Crippen LogP contribution in [0.1, 0.15) is 60.4 Å². The molecule has 6 heterocycles. The molecule has 19 heteroatoms. The van der Waals surface area contributed by atoms with Gasteiger partial charge in [-0.2, -0.15) is 19.2 Å². The molecule has 0 aliphatic carbocycles. The second-order valence-corrected chi connectivity index (χ2v) is 9.80. The number of carbonyl (C=O) groups is 2. The zero-order valence-electron chi connectivity index (χ0n) is 27.3. The first-order chi connectivity index (χ1) is 22.3. The fourth-order valence-corrected chi connectivity index (χ4v) is 3.28. The van der Waals surface area contributed by atoms with Crippen LogP contribution in [-0.2, 0) is 9.59 Å². The van der Waals surface area contributed by atoms with E-state index in [-0.39, 0.29) is 11.1 Å². The van der Waals surface area contributed by atoms with Gasteiger partial charge in [-0.05, 0) is 59.3 Å². The third-order valence-electron chi connectivity index (χ3n) is 5.05. The van der Waals surface area contributed by atoms with Crippen molar-refractivity contribution >= 4 is 46.2 Å². The molecule has 6 aromatic rings. The van der Waals surface area contributed by atoms with Crippen molar-refractivity contribution in [2.75, 3.05) is 0 Å². The Balaban J connectivity index is 0.000000211. The smallest absolute Gasteiger partial charge is 0.220 e. The zero-order valence-corrected chi connectivity index (χ0v) is 28.0. The molecule has 0 saturated heterocycles. The van der Waals surface area contributed by atoms with Gasteiger partial charge in [0.05, 0.1) is 0 Å². The molecule has 6 rings (SSSR count). The number of fused-ring (bicyclic) bond motifs is 2. The Morgan fingerprint density at radius 1 is 0.766 bits per heavy atom. The topological polar surface area (TPSA) is 241 Å². The van der Waals surface area contributed by atoms with Crippen LogP contribution in [0.4, 0.5) is 0 Å². The Kier molecular flexibility index (Phi) is 14.9. The van der Waals surface area contributed by atoms with E-state index in [4.69, 9.17) is 5.73 Å². The van der Waals surface area contributed by atoms with Gasteiger partial charge in [0, 0.05) is 56.7 Å². The van der Waals surface area contributed by atoms with Crippen molar-refractivity contribution in [1.82, 2.24) is 74.8 Å². The number of hydrogen-bond acceptors (Lipinski definition) is 13. The summed E-state index contributed by atoms with van der Waals surface area (Å²) in [6.07, 6.45) is 9.62. The number of nitrogens with one attached hydrogen (secondary N) is 3. The van der Waals surface area contributed by atoms with Gasteiger partial charge in [-0.15, -0.1) is 10.2 Å². The Labute approximate surface area is 275 Å². The van der Waals surface area contributed by atoms with Crippen LogP contribution < -0.4 is 11.1 Å². The number of aromatic nitrogens is 14. The molecule has 0 atom stereocenters. The molecule has 0 radical (unpaired) electrons. The molecule has 248 valence electrons. The highest BCUT2D eigenvalue weighted by Gasteiger charge is 2.01. The fraction of sp³-hybridized carbons (Fsp3) is 0.286. The molecule has 0 spiro atoms. The van der Waals surface area contributed by atoms with E-state index in [1.54, 1.807) is 33.6 Å². The van der Waals surface area contributed by atoms with Gasteiger partial charge < -0.3 is 11.1 Å². The Hall–Kier alpha value is -5.91. The summed E-state index contributed by atoms with van der Waals surface area (Å²) in [4.78, 5) is 44.1. The van der Waals surface area contributed by atoms with Gasteiger partial charge in [-0.25, -0.2) is 29.9 Å². The molecule has 0 unspecified atom stereocenters. The number of aromatic amines is 2. The lowest BCUT2D eigenvalue weighted by Gasteiger charge is -1.92. The van der Waals surface area contributed by atoms with Crippen LogP contribution >= 0.6 is 11.6 Å². The number of rotatable bonds is 3. The van der Waals surface area contributed by atoms with Gasteiger partial charge in [0.1, 0.15) is 34.9 Å². The second-order valence-electron chi connectivity index (χ2n) is 9.26. The third-order valence-corrected chi connectivity index (χ3v) is 5.05. The third kappa shape index (κ3) is 13.7. The quantitative estimate of drug-likeness (QED) is 0.199. The molecule has 6 aromatic heterocycles. The summed E-state index contributed by atoms with van der Waals surface area (Å²) in [6, 6.07) is 3.68. The number of H-pyrrole nitrogens is 2. The lowest BCUT2D eigenvalue weighted by molar-refractivity contribution is -0.118.